The Kier molecular flexibility index (Phi) is 5.65. The number of hydrogen-bond acceptors (Lipinski definition) is 5. The molecule has 1 amide bonds. The van der Waals surface area contributed by atoms with Gasteiger partial charge in [-0.3, -0.25) is 9.59 Å². The van der Waals surface area contributed by atoms with Gasteiger partial charge in [0.2, 0.25) is 0 Å². The number of aliphatic hydroxyl groups excluding tert-OH is 1. The number of fused-ring (bicyclic) bond motifs is 1. The second-order valence-electron chi connectivity index (χ2n) is 8.54. The van der Waals surface area contributed by atoms with Gasteiger partial charge >= 0.3 is 0 Å². The number of ether oxygens (including phenoxy) is 1. The van der Waals surface area contributed by atoms with Gasteiger partial charge in [-0.2, -0.15) is 0 Å². The number of ketones is 1. The average molecular weight is 491 g/mol. The number of nitrogens with zero attached hydrogens (tertiary/aromatic N) is 1. The first-order valence-electron chi connectivity index (χ1n) is 11.0. The van der Waals surface area contributed by atoms with Crippen molar-refractivity contribution in [3.63, 3.8) is 0 Å². The summed E-state index contributed by atoms with van der Waals surface area (Å²) in [4.78, 5) is 31.6. The zero-order valence-electron chi connectivity index (χ0n) is 19.4. The van der Waals surface area contributed by atoms with Crippen LogP contribution in [0.4, 0.5) is 0 Å². The fourth-order valence-electron chi connectivity index (χ4n) is 4.82. The number of rotatable bonds is 5. The van der Waals surface area contributed by atoms with E-state index in [1.807, 2.05) is 38.1 Å². The summed E-state index contributed by atoms with van der Waals surface area (Å²) < 4.78 is 10.9. The highest BCUT2D eigenvalue weighted by Gasteiger charge is 2.48. The predicted molar refractivity (Wildman–Crippen MR) is 132 cm³/mol. The zero-order valence-corrected chi connectivity index (χ0v) is 20.1. The number of aliphatic hydroxyl groups is 1. The van der Waals surface area contributed by atoms with Crippen molar-refractivity contribution in [1.82, 2.24) is 9.88 Å². The fourth-order valence-corrected chi connectivity index (χ4v) is 5.17. The predicted octanol–water partition coefficient (Wildman–Crippen LogP) is 5.66. The number of hydrogen-bond donors (Lipinski definition) is 2. The van der Waals surface area contributed by atoms with Crippen LogP contribution in [0.2, 0.25) is 5.02 Å². The van der Waals surface area contributed by atoms with Gasteiger partial charge in [0.05, 0.1) is 42.1 Å². The number of aromatic nitrogens is 1. The number of H-pyrrole nitrogens is 1. The number of likely N-dealkylation sites (tertiary alicyclic amines) is 1. The smallest absolute Gasteiger partial charge is 0.296 e. The van der Waals surface area contributed by atoms with Gasteiger partial charge in [0, 0.05) is 22.2 Å². The van der Waals surface area contributed by atoms with Crippen LogP contribution in [-0.4, -0.2) is 33.8 Å². The van der Waals surface area contributed by atoms with E-state index in [2.05, 4.69) is 4.98 Å². The Morgan fingerprint density at radius 1 is 1.17 bits per heavy atom. The standard InChI is InChI=1S/C27H23ClN2O5/c1-14-11-18(26(34-3)19(28)12-14)24(31)22-23(21-15(2)29-20-9-5-4-8-17(20)21)30(27(33)25(22)32)13-16-7-6-10-35-16/h4-12,23,29,31H,13H2,1-3H3/b24-22+. The van der Waals surface area contributed by atoms with Crippen molar-refractivity contribution in [3.8, 4) is 5.75 Å². The molecule has 1 saturated heterocycles. The van der Waals surface area contributed by atoms with E-state index in [0.29, 0.717) is 10.8 Å². The second-order valence-corrected chi connectivity index (χ2v) is 8.95. The minimum absolute atomic E-state index is 0.0330. The number of carbonyl (C=O) groups is 2. The lowest BCUT2D eigenvalue weighted by atomic mass is 9.92. The molecular weight excluding hydrogens is 468 g/mol. The largest absolute Gasteiger partial charge is 0.507 e. The Hall–Kier alpha value is -3.97. The summed E-state index contributed by atoms with van der Waals surface area (Å²) >= 11 is 6.38. The highest BCUT2D eigenvalue weighted by Crippen LogP contribution is 2.46. The molecule has 178 valence electrons. The molecule has 1 atom stereocenters. The molecule has 1 aliphatic rings. The van der Waals surface area contributed by atoms with Crippen LogP contribution in [0, 0.1) is 13.8 Å². The van der Waals surface area contributed by atoms with Crippen molar-refractivity contribution >= 4 is 40.0 Å². The van der Waals surface area contributed by atoms with Gasteiger partial charge < -0.3 is 24.1 Å². The summed E-state index contributed by atoms with van der Waals surface area (Å²) in [7, 11) is 1.43. The summed E-state index contributed by atoms with van der Waals surface area (Å²) in [5, 5.41) is 12.7. The Labute approximate surface area is 206 Å². The molecule has 2 aromatic carbocycles. The Balaban J connectivity index is 1.80. The number of methoxy groups -OCH3 is 1. The Bertz CT molecular complexity index is 1500. The van der Waals surface area contributed by atoms with Crippen molar-refractivity contribution in [2.45, 2.75) is 26.4 Å². The first-order valence-corrected chi connectivity index (χ1v) is 11.4. The van der Waals surface area contributed by atoms with E-state index in [9.17, 15) is 14.7 Å². The van der Waals surface area contributed by atoms with Gasteiger partial charge in [-0.1, -0.05) is 29.8 Å². The Morgan fingerprint density at radius 3 is 2.66 bits per heavy atom. The molecule has 35 heavy (non-hydrogen) atoms. The van der Waals surface area contributed by atoms with E-state index in [1.54, 1.807) is 24.3 Å². The molecule has 0 aliphatic carbocycles. The number of aryl methyl sites for hydroxylation is 2. The normalized spacial score (nSPS) is 17.5. The third kappa shape index (κ3) is 3.68. The molecule has 1 fully saturated rings. The molecule has 1 aliphatic heterocycles. The number of carbonyl (C=O) groups excluding carboxylic acids is 2. The molecule has 3 heterocycles. The quantitative estimate of drug-likeness (QED) is 0.214. The van der Waals surface area contributed by atoms with Crippen LogP contribution >= 0.6 is 11.6 Å². The number of aromatic amines is 1. The molecule has 7 nitrogen and oxygen atoms in total. The van der Waals surface area contributed by atoms with Crippen molar-refractivity contribution in [1.29, 1.82) is 0 Å². The van der Waals surface area contributed by atoms with Crippen LogP contribution in [0.1, 0.15) is 34.2 Å². The van der Waals surface area contributed by atoms with Gasteiger partial charge in [-0.25, -0.2) is 0 Å². The molecular formula is C27H23ClN2O5. The molecule has 0 bridgehead atoms. The van der Waals surface area contributed by atoms with E-state index < -0.39 is 17.7 Å². The van der Waals surface area contributed by atoms with E-state index in [0.717, 1.165) is 27.7 Å². The summed E-state index contributed by atoms with van der Waals surface area (Å²) in [6, 6.07) is 13.6. The van der Waals surface area contributed by atoms with Crippen LogP contribution in [-0.2, 0) is 16.1 Å². The van der Waals surface area contributed by atoms with Crippen LogP contribution < -0.4 is 4.74 Å². The van der Waals surface area contributed by atoms with E-state index in [4.69, 9.17) is 20.8 Å². The highest BCUT2D eigenvalue weighted by atomic mass is 35.5. The zero-order chi connectivity index (χ0) is 24.9. The number of benzene rings is 2. The Morgan fingerprint density at radius 2 is 1.94 bits per heavy atom. The molecule has 5 rings (SSSR count). The summed E-state index contributed by atoms with van der Waals surface area (Å²) in [5.41, 5.74) is 3.35. The maximum Gasteiger partial charge on any atom is 0.296 e. The molecule has 4 aromatic rings. The van der Waals surface area contributed by atoms with Gasteiger partial charge in [0.25, 0.3) is 11.7 Å². The van der Waals surface area contributed by atoms with Crippen molar-refractivity contribution in [3.05, 3.63) is 93.5 Å². The van der Waals surface area contributed by atoms with Gasteiger partial charge in [0.15, 0.2) is 0 Å². The lowest BCUT2D eigenvalue weighted by Gasteiger charge is -2.25. The second kappa shape index (κ2) is 8.67. The van der Waals surface area contributed by atoms with Crippen LogP contribution in [0.15, 0.2) is 64.8 Å². The summed E-state index contributed by atoms with van der Waals surface area (Å²) in [6.45, 7) is 3.76. The third-order valence-corrected chi connectivity index (χ3v) is 6.59. The number of halogens is 1. The molecule has 1 unspecified atom stereocenters. The molecule has 0 saturated carbocycles. The number of amides is 1. The fraction of sp³-hybridized carbons (Fsp3) is 0.185. The molecule has 0 spiro atoms. The maximum atomic E-state index is 13.5. The summed E-state index contributed by atoms with van der Waals surface area (Å²) in [5.74, 6) is -1.12. The number of Topliss-reactive ketones (excluding diaryl/α,β-unsaturated/α-hetero) is 1. The van der Waals surface area contributed by atoms with Crippen LogP contribution in [0.25, 0.3) is 16.7 Å². The molecule has 2 N–H and O–H groups in total. The average Bonchev–Trinajstić information content (AvgIpc) is 3.51. The maximum absolute atomic E-state index is 13.5. The minimum Gasteiger partial charge on any atom is -0.507 e. The molecule has 8 heteroatoms. The van der Waals surface area contributed by atoms with E-state index in [1.165, 1.54) is 18.3 Å². The number of para-hydroxylation sites is 1. The SMILES string of the molecule is COc1c(Cl)cc(C)cc1/C(O)=C1\C(=O)C(=O)N(Cc2ccco2)C1c1c(C)[nH]c2ccccc12. The van der Waals surface area contributed by atoms with E-state index in [-0.39, 0.29) is 29.2 Å². The summed E-state index contributed by atoms with van der Waals surface area (Å²) in [6.07, 6.45) is 1.51. The third-order valence-electron chi connectivity index (χ3n) is 6.31. The highest BCUT2D eigenvalue weighted by molar-refractivity contribution is 6.46. The van der Waals surface area contributed by atoms with Crippen LogP contribution in [0.3, 0.4) is 0 Å². The topological polar surface area (TPSA) is 95.8 Å². The van der Waals surface area contributed by atoms with Crippen molar-refractivity contribution in [2.24, 2.45) is 0 Å². The van der Waals surface area contributed by atoms with Crippen LogP contribution in [0.5, 0.6) is 5.75 Å². The first-order chi connectivity index (χ1) is 16.8. The lowest BCUT2D eigenvalue weighted by molar-refractivity contribution is -0.140. The molecule has 2 aromatic heterocycles. The number of nitrogens with one attached hydrogen (secondary N) is 1. The van der Waals surface area contributed by atoms with E-state index >= 15 is 0 Å². The molecule has 0 radical (unpaired) electrons. The monoisotopic (exact) mass is 490 g/mol. The lowest BCUT2D eigenvalue weighted by Crippen LogP contribution is -2.29. The van der Waals surface area contributed by atoms with Gasteiger partial charge in [-0.15, -0.1) is 0 Å². The van der Waals surface area contributed by atoms with Gasteiger partial charge in [0.1, 0.15) is 17.3 Å². The minimum atomic E-state index is -0.861. The number of furan rings is 1. The van der Waals surface area contributed by atoms with Crippen molar-refractivity contribution in [2.75, 3.05) is 7.11 Å². The van der Waals surface area contributed by atoms with Crippen molar-refractivity contribution < 1.29 is 23.8 Å². The first kappa shape index (κ1) is 22.8. The van der Waals surface area contributed by atoms with Gasteiger partial charge in [-0.05, 0) is 49.7 Å².